The highest BCUT2D eigenvalue weighted by atomic mass is 32.2. The summed E-state index contributed by atoms with van der Waals surface area (Å²) < 4.78 is 28.2. The van der Waals surface area contributed by atoms with Crippen LogP contribution in [0.5, 0.6) is 0 Å². The number of nitro benzene ring substituents is 1. The van der Waals surface area contributed by atoms with Gasteiger partial charge in [0.1, 0.15) is 4.21 Å². The van der Waals surface area contributed by atoms with E-state index >= 15 is 0 Å². The first-order valence-electron chi connectivity index (χ1n) is 12.2. The molecule has 1 fully saturated rings. The third-order valence-corrected chi connectivity index (χ3v) is 9.72. The van der Waals surface area contributed by atoms with Crippen molar-refractivity contribution in [3.8, 4) is 0 Å². The molecule has 1 aliphatic heterocycles. The summed E-state index contributed by atoms with van der Waals surface area (Å²) >= 11 is 1.12. The Balaban J connectivity index is 1.31. The van der Waals surface area contributed by atoms with Gasteiger partial charge in [0.05, 0.1) is 11.5 Å². The van der Waals surface area contributed by atoms with E-state index in [0.717, 1.165) is 42.7 Å². The van der Waals surface area contributed by atoms with E-state index in [-0.39, 0.29) is 28.0 Å². The first-order valence-corrected chi connectivity index (χ1v) is 14.5. The maximum absolute atomic E-state index is 13.2. The molecule has 196 valence electrons. The fourth-order valence-corrected chi connectivity index (χ4v) is 7.25. The number of carbonyl (C=O) groups excluding carboxylic acids is 1. The fraction of sp³-hybridized carbons (Fsp3) is 0.346. The van der Waals surface area contributed by atoms with E-state index in [2.05, 4.69) is 29.7 Å². The third-order valence-electron chi connectivity index (χ3n) is 6.26. The van der Waals surface area contributed by atoms with Gasteiger partial charge in [-0.05, 0) is 55.2 Å². The average Bonchev–Trinajstić information content (AvgIpc) is 3.38. The van der Waals surface area contributed by atoms with E-state index in [1.54, 1.807) is 12.1 Å². The van der Waals surface area contributed by atoms with E-state index in [0.29, 0.717) is 18.0 Å². The molecule has 1 amide bonds. The van der Waals surface area contributed by atoms with Gasteiger partial charge in [0.2, 0.25) is 0 Å². The molecule has 4 rings (SSSR count). The maximum Gasteiger partial charge on any atom is 0.270 e. The van der Waals surface area contributed by atoms with Crippen molar-refractivity contribution in [3.63, 3.8) is 0 Å². The number of benzene rings is 2. The lowest BCUT2D eigenvalue weighted by Gasteiger charge is -2.31. The number of piperidine rings is 1. The molecule has 37 heavy (non-hydrogen) atoms. The molecule has 2 N–H and O–H groups in total. The lowest BCUT2D eigenvalue weighted by Crippen LogP contribution is -2.42. The van der Waals surface area contributed by atoms with Crippen LogP contribution in [0.25, 0.3) is 0 Å². The number of nitro groups is 1. The van der Waals surface area contributed by atoms with Gasteiger partial charge in [0, 0.05) is 47.4 Å². The van der Waals surface area contributed by atoms with Crippen molar-refractivity contribution >= 4 is 38.6 Å². The molecule has 1 aromatic heterocycles. The molecule has 0 spiro atoms. The summed E-state index contributed by atoms with van der Waals surface area (Å²) in [5.74, 6) is -0.462. The molecule has 0 radical (unpaired) electrons. The number of amides is 1. The van der Waals surface area contributed by atoms with E-state index in [1.807, 2.05) is 12.1 Å². The zero-order valence-corrected chi connectivity index (χ0v) is 22.2. The minimum absolute atomic E-state index is 0.130. The number of non-ortho nitro benzene ring substituents is 1. The van der Waals surface area contributed by atoms with Gasteiger partial charge in [0.15, 0.2) is 0 Å². The summed E-state index contributed by atoms with van der Waals surface area (Å²) in [4.78, 5) is 23.4. The highest BCUT2D eigenvalue weighted by molar-refractivity contribution is 7.91. The van der Waals surface area contributed by atoms with Gasteiger partial charge >= 0.3 is 0 Å². The average molecular weight is 543 g/mol. The topological polar surface area (TPSA) is 122 Å². The monoisotopic (exact) mass is 542 g/mol. The van der Waals surface area contributed by atoms with Crippen molar-refractivity contribution in [3.05, 3.63) is 86.8 Å². The summed E-state index contributed by atoms with van der Waals surface area (Å²) in [5, 5.41) is 17.2. The third kappa shape index (κ3) is 6.73. The first-order chi connectivity index (χ1) is 17.8. The van der Waals surface area contributed by atoms with Crippen molar-refractivity contribution in [2.75, 3.05) is 18.4 Å². The number of carbonyl (C=O) groups is 1. The van der Waals surface area contributed by atoms with Crippen molar-refractivity contribution < 1.29 is 18.1 Å². The highest BCUT2D eigenvalue weighted by Gasteiger charge is 2.30. The standard InChI is InChI=1S/C26H30N4O5S2/c1-2-5-19-6-3-8-22(16-19)28-21-12-14-29(15-13-21)37(34,35)25-11-10-24(36-25)18-27-26(31)20-7-4-9-23(17-20)30(32)33/h3-4,6-11,16-17,21,28H,2,5,12-15,18H2,1H3,(H,27,31). The predicted molar refractivity (Wildman–Crippen MR) is 144 cm³/mol. The SMILES string of the molecule is CCCc1cccc(NC2CCN(S(=O)(=O)c3ccc(CNC(=O)c4cccc([N+](=O)[O-])c4)s3)CC2)c1. The number of thiophene rings is 1. The molecular weight excluding hydrogens is 512 g/mol. The van der Waals surface area contributed by atoms with Crippen LogP contribution >= 0.6 is 11.3 Å². The van der Waals surface area contributed by atoms with Crippen molar-refractivity contribution in [2.45, 2.75) is 49.4 Å². The fourth-order valence-electron chi connectivity index (χ4n) is 4.33. The van der Waals surface area contributed by atoms with E-state index < -0.39 is 20.9 Å². The number of anilines is 1. The molecule has 11 heteroatoms. The van der Waals surface area contributed by atoms with Crippen LogP contribution in [0.15, 0.2) is 64.9 Å². The van der Waals surface area contributed by atoms with Gasteiger partial charge in [-0.15, -0.1) is 11.3 Å². The van der Waals surface area contributed by atoms with Gasteiger partial charge < -0.3 is 10.6 Å². The molecule has 2 aromatic carbocycles. The molecule has 0 atom stereocenters. The van der Waals surface area contributed by atoms with Crippen molar-refractivity contribution in [1.82, 2.24) is 9.62 Å². The smallest absolute Gasteiger partial charge is 0.270 e. The molecule has 9 nitrogen and oxygen atoms in total. The normalized spacial score (nSPS) is 14.8. The molecule has 1 aliphatic rings. The number of nitrogens with one attached hydrogen (secondary N) is 2. The number of sulfonamides is 1. The molecule has 0 saturated carbocycles. The van der Waals surface area contributed by atoms with Gasteiger partial charge in [-0.1, -0.05) is 31.5 Å². The number of aryl methyl sites for hydroxylation is 1. The molecule has 3 aromatic rings. The Bertz CT molecular complexity index is 1360. The van der Waals surface area contributed by atoms with Gasteiger partial charge in [-0.2, -0.15) is 4.31 Å². The molecule has 1 saturated heterocycles. The second kappa shape index (κ2) is 11.8. The van der Waals surface area contributed by atoms with Crippen molar-refractivity contribution in [2.24, 2.45) is 0 Å². The Morgan fingerprint density at radius 2 is 1.86 bits per heavy atom. The second-order valence-corrected chi connectivity index (χ2v) is 12.3. The second-order valence-electron chi connectivity index (χ2n) is 8.98. The van der Waals surface area contributed by atoms with Crippen LogP contribution < -0.4 is 10.6 Å². The van der Waals surface area contributed by atoms with Crippen LogP contribution in [0.1, 0.15) is 47.0 Å². The lowest BCUT2D eigenvalue weighted by molar-refractivity contribution is -0.384. The quantitative estimate of drug-likeness (QED) is 0.280. The zero-order valence-electron chi connectivity index (χ0n) is 20.6. The summed E-state index contributed by atoms with van der Waals surface area (Å²) in [6.07, 6.45) is 3.56. The molecule has 0 unspecified atom stereocenters. The van der Waals surface area contributed by atoms with E-state index in [1.165, 1.54) is 34.1 Å². The summed E-state index contributed by atoms with van der Waals surface area (Å²) in [7, 11) is -3.62. The zero-order chi connectivity index (χ0) is 26.4. The van der Waals surface area contributed by atoms with E-state index in [9.17, 15) is 23.3 Å². The van der Waals surface area contributed by atoms with E-state index in [4.69, 9.17) is 0 Å². The largest absolute Gasteiger partial charge is 0.382 e. The molecule has 2 heterocycles. The number of hydrogen-bond acceptors (Lipinski definition) is 7. The molecular formula is C26H30N4O5S2. The maximum atomic E-state index is 13.2. The van der Waals surface area contributed by atoms with Gasteiger partial charge in [-0.3, -0.25) is 14.9 Å². The summed E-state index contributed by atoms with van der Waals surface area (Å²) in [6, 6.07) is 17.3. The predicted octanol–water partition coefficient (Wildman–Crippen LogP) is 4.80. The summed E-state index contributed by atoms with van der Waals surface area (Å²) in [6.45, 7) is 3.16. The summed E-state index contributed by atoms with van der Waals surface area (Å²) in [5.41, 5.74) is 2.37. The highest BCUT2D eigenvalue weighted by Crippen LogP contribution is 2.28. The number of rotatable bonds is 10. The number of hydrogen-bond donors (Lipinski definition) is 2. The first kappa shape index (κ1) is 26.8. The van der Waals surface area contributed by atoms with Gasteiger partial charge in [0.25, 0.3) is 21.6 Å². The van der Waals surface area contributed by atoms with Crippen LogP contribution in [-0.2, 0) is 23.0 Å². The van der Waals surface area contributed by atoms with Crippen LogP contribution in [0.2, 0.25) is 0 Å². The minimum atomic E-state index is -3.62. The minimum Gasteiger partial charge on any atom is -0.382 e. The lowest BCUT2D eigenvalue weighted by atomic mass is 10.1. The van der Waals surface area contributed by atoms with Crippen LogP contribution in [0, 0.1) is 10.1 Å². The van der Waals surface area contributed by atoms with Crippen molar-refractivity contribution in [1.29, 1.82) is 0 Å². The Hall–Kier alpha value is -3.28. The molecule has 0 bridgehead atoms. The number of nitrogens with zero attached hydrogens (tertiary/aromatic N) is 2. The molecule has 0 aliphatic carbocycles. The Labute approximate surface area is 220 Å². The van der Waals surface area contributed by atoms with Crippen LogP contribution in [0.3, 0.4) is 0 Å². The Morgan fingerprint density at radius 1 is 1.11 bits per heavy atom. The Kier molecular flexibility index (Phi) is 8.57. The van der Waals surface area contributed by atoms with Crippen LogP contribution in [0.4, 0.5) is 11.4 Å². The Morgan fingerprint density at radius 3 is 2.59 bits per heavy atom. The van der Waals surface area contributed by atoms with Crippen LogP contribution in [-0.4, -0.2) is 42.7 Å². The van der Waals surface area contributed by atoms with Gasteiger partial charge in [-0.25, -0.2) is 8.42 Å².